The molecule has 2 aliphatic rings. The highest BCUT2D eigenvalue weighted by Gasteiger charge is 2.55. The maximum Gasteiger partial charge on any atom is 0.225 e. The number of nitrogens with zero attached hydrogens (tertiary/aromatic N) is 4. The Bertz CT molecular complexity index is 867. The summed E-state index contributed by atoms with van der Waals surface area (Å²) in [5, 5.41) is 12.6. The summed E-state index contributed by atoms with van der Waals surface area (Å²) in [6.45, 7) is 3.37. The number of nitrogen functional groups attached to an aromatic ring is 2. The van der Waals surface area contributed by atoms with E-state index in [4.69, 9.17) is 37.3 Å². The van der Waals surface area contributed by atoms with Gasteiger partial charge in [0.1, 0.15) is 29.3 Å². The zero-order chi connectivity index (χ0) is 18.6. The predicted octanol–water partition coefficient (Wildman–Crippen LogP) is -0.113. The summed E-state index contributed by atoms with van der Waals surface area (Å²) in [6, 6.07) is 0. The number of ether oxygens (including phenoxy) is 3. The van der Waals surface area contributed by atoms with Gasteiger partial charge < -0.3 is 36.1 Å². The van der Waals surface area contributed by atoms with Crippen molar-refractivity contribution in [3.63, 3.8) is 0 Å². The Morgan fingerprint density at radius 3 is 2.58 bits per heavy atom. The topological polar surface area (TPSA) is 164 Å². The molecule has 0 bridgehead atoms. The summed E-state index contributed by atoms with van der Waals surface area (Å²) in [7, 11) is 0. The first-order valence-corrected chi connectivity index (χ1v) is 8.30. The van der Waals surface area contributed by atoms with E-state index >= 15 is 0 Å². The Labute approximate surface area is 153 Å². The van der Waals surface area contributed by atoms with Gasteiger partial charge in [0, 0.05) is 0 Å². The normalized spacial score (nSPS) is 29.8. The van der Waals surface area contributed by atoms with Crippen LogP contribution in [0.3, 0.4) is 0 Å². The van der Waals surface area contributed by atoms with Crippen LogP contribution in [0.2, 0.25) is 5.28 Å². The van der Waals surface area contributed by atoms with Crippen molar-refractivity contribution in [1.29, 1.82) is 0 Å². The van der Waals surface area contributed by atoms with E-state index in [9.17, 15) is 5.11 Å². The molecule has 11 nitrogen and oxygen atoms in total. The van der Waals surface area contributed by atoms with Gasteiger partial charge in [0.2, 0.25) is 11.2 Å². The van der Waals surface area contributed by atoms with Crippen molar-refractivity contribution in [1.82, 2.24) is 19.9 Å². The molecule has 2 aliphatic heterocycles. The van der Waals surface area contributed by atoms with Crippen molar-refractivity contribution in [2.45, 2.75) is 44.2 Å². The van der Waals surface area contributed by atoms with E-state index in [-0.39, 0.29) is 35.0 Å². The molecule has 6 N–H and O–H groups in total. The molecule has 0 spiro atoms. The smallest absolute Gasteiger partial charge is 0.225 e. The lowest BCUT2D eigenvalue weighted by atomic mass is 10.1. The van der Waals surface area contributed by atoms with Crippen molar-refractivity contribution in [3.05, 3.63) is 5.28 Å². The summed E-state index contributed by atoms with van der Waals surface area (Å²) in [4.78, 5) is 16.2. The zero-order valence-corrected chi connectivity index (χ0v) is 14.8. The number of nitrogens with two attached hydrogens (primary N) is 2. The number of hydrogen-bond acceptors (Lipinski definition) is 11. The van der Waals surface area contributed by atoms with E-state index in [2.05, 4.69) is 25.3 Å². The maximum atomic E-state index is 9.57. The monoisotopic (exact) mass is 383 g/mol. The fraction of sp³-hybridized carbons (Fsp3) is 0.571. The number of nitrogens with one attached hydrogen (secondary N) is 1. The van der Waals surface area contributed by atoms with Crippen LogP contribution in [0.1, 0.15) is 13.8 Å². The largest absolute Gasteiger partial charge is 0.394 e. The molecule has 4 atom stereocenters. The molecular formula is C14H18ClN7O4. The van der Waals surface area contributed by atoms with Gasteiger partial charge in [-0.3, -0.25) is 0 Å². The molecule has 26 heavy (non-hydrogen) atoms. The number of hydrogen-bond donors (Lipinski definition) is 4. The summed E-state index contributed by atoms with van der Waals surface area (Å²) >= 11 is 5.90. The molecule has 0 saturated carbocycles. The number of anilines is 3. The molecule has 0 aromatic carbocycles. The van der Waals surface area contributed by atoms with E-state index in [1.165, 1.54) is 0 Å². The van der Waals surface area contributed by atoms with E-state index < -0.39 is 30.3 Å². The third-order valence-corrected chi connectivity index (χ3v) is 4.34. The van der Waals surface area contributed by atoms with Crippen LogP contribution in [-0.2, 0) is 14.2 Å². The molecule has 4 rings (SSSR count). The van der Waals surface area contributed by atoms with Gasteiger partial charge in [-0.15, -0.1) is 0 Å². The van der Waals surface area contributed by atoms with Crippen LogP contribution >= 0.6 is 11.6 Å². The molecule has 2 fully saturated rings. The predicted molar refractivity (Wildman–Crippen MR) is 92.2 cm³/mol. The summed E-state index contributed by atoms with van der Waals surface area (Å²) < 4.78 is 17.5. The fourth-order valence-corrected chi connectivity index (χ4v) is 3.38. The van der Waals surface area contributed by atoms with Crippen LogP contribution < -0.4 is 16.8 Å². The van der Waals surface area contributed by atoms with Crippen LogP contribution in [0.25, 0.3) is 11.0 Å². The number of halogens is 1. The number of aliphatic hydroxyl groups is 1. The third-order valence-electron chi connectivity index (χ3n) is 4.17. The van der Waals surface area contributed by atoms with Crippen LogP contribution in [0.4, 0.5) is 17.6 Å². The van der Waals surface area contributed by atoms with Gasteiger partial charge in [-0.2, -0.15) is 9.97 Å². The number of fused-ring (bicyclic) bond motifs is 2. The molecule has 2 aromatic heterocycles. The Morgan fingerprint density at radius 2 is 1.85 bits per heavy atom. The van der Waals surface area contributed by atoms with Crippen molar-refractivity contribution in [2.24, 2.45) is 0 Å². The second-order valence-electron chi connectivity index (χ2n) is 6.49. The zero-order valence-electron chi connectivity index (χ0n) is 14.0. The maximum absolute atomic E-state index is 9.57. The Balaban J connectivity index is 1.71. The number of aliphatic hydroxyl groups excluding tert-OH is 1. The minimum Gasteiger partial charge on any atom is -0.394 e. The van der Waals surface area contributed by atoms with Crippen molar-refractivity contribution < 1.29 is 19.3 Å². The van der Waals surface area contributed by atoms with Gasteiger partial charge in [0.25, 0.3) is 0 Å². The van der Waals surface area contributed by atoms with Gasteiger partial charge in [-0.1, -0.05) is 0 Å². The van der Waals surface area contributed by atoms with Crippen molar-refractivity contribution in [3.8, 4) is 0 Å². The van der Waals surface area contributed by atoms with E-state index in [0.29, 0.717) is 5.52 Å². The lowest BCUT2D eigenvalue weighted by Gasteiger charge is -2.24. The first kappa shape index (κ1) is 17.4. The highest BCUT2D eigenvalue weighted by Crippen LogP contribution is 2.39. The molecule has 0 amide bonds. The first-order valence-electron chi connectivity index (χ1n) is 7.92. The number of rotatable bonds is 3. The minimum atomic E-state index is -0.796. The average Bonchev–Trinajstić information content (AvgIpc) is 3.02. The molecule has 12 heteroatoms. The number of aromatic nitrogens is 4. The third kappa shape index (κ3) is 2.87. The average molecular weight is 384 g/mol. The van der Waals surface area contributed by atoms with Gasteiger partial charge in [-0.05, 0) is 25.4 Å². The summed E-state index contributed by atoms with van der Waals surface area (Å²) in [5.41, 5.74) is 12.2. The quantitative estimate of drug-likeness (QED) is 0.522. The molecule has 2 saturated heterocycles. The van der Waals surface area contributed by atoms with Gasteiger partial charge >= 0.3 is 0 Å². The van der Waals surface area contributed by atoms with Gasteiger partial charge in [0.05, 0.1) is 6.61 Å². The molecule has 4 heterocycles. The Kier molecular flexibility index (Phi) is 4.00. The second-order valence-corrected chi connectivity index (χ2v) is 6.83. The molecule has 0 aliphatic carbocycles. The van der Waals surface area contributed by atoms with E-state index in [1.807, 2.05) is 0 Å². The summed E-state index contributed by atoms with van der Waals surface area (Å²) in [5.74, 6) is -0.471. The Morgan fingerprint density at radius 1 is 1.12 bits per heavy atom. The summed E-state index contributed by atoms with van der Waals surface area (Å²) in [6.07, 6.45) is -2.11. The second kappa shape index (κ2) is 5.99. The van der Waals surface area contributed by atoms with Crippen LogP contribution in [-0.4, -0.2) is 62.0 Å². The molecule has 1 unspecified atom stereocenters. The van der Waals surface area contributed by atoms with Gasteiger partial charge in [0.15, 0.2) is 23.7 Å². The highest BCUT2D eigenvalue weighted by molar-refractivity contribution is 6.28. The van der Waals surface area contributed by atoms with Crippen LogP contribution in [0.15, 0.2) is 0 Å². The van der Waals surface area contributed by atoms with Crippen LogP contribution in [0, 0.1) is 0 Å². The van der Waals surface area contributed by atoms with Gasteiger partial charge in [-0.25, -0.2) is 9.97 Å². The Hall–Kier alpha value is -2.05. The first-order chi connectivity index (χ1) is 12.3. The molecule has 140 valence electrons. The van der Waals surface area contributed by atoms with Crippen molar-refractivity contribution >= 4 is 40.2 Å². The lowest BCUT2D eigenvalue weighted by Crippen LogP contribution is -2.35. The van der Waals surface area contributed by atoms with E-state index in [1.54, 1.807) is 13.8 Å². The fourth-order valence-electron chi connectivity index (χ4n) is 3.21. The molecule has 2 aromatic rings. The molecule has 0 radical (unpaired) electrons. The highest BCUT2D eigenvalue weighted by atomic mass is 35.5. The van der Waals surface area contributed by atoms with Crippen LogP contribution in [0.5, 0.6) is 0 Å². The lowest BCUT2D eigenvalue weighted by molar-refractivity contribution is -0.187. The minimum absolute atomic E-state index is 0.0187. The molecular weight excluding hydrogens is 366 g/mol. The standard InChI is InChI=1S/C14H18ClN7O4/c1-14(2)25-7-4(3-23)24-11(8(7)26-14)21-10-6-5(19-13(17)22-10)9(16)20-12(15)18-6/h4,7-8,11,23H,3H2,1-2H3,(H2,16,18,20)(H3,17,19,21,22)/t4-,7-,8-,11?/m1/s1. The van der Waals surface area contributed by atoms with Crippen molar-refractivity contribution in [2.75, 3.05) is 23.4 Å². The SMILES string of the molecule is CC1(C)O[C@@H]2[C@@H](CO)OC(Nc3nc(N)nc4c(N)nc(Cl)nc34)[C@@H]2O1. The van der Waals surface area contributed by atoms with E-state index in [0.717, 1.165) is 0 Å².